The quantitative estimate of drug-likeness (QED) is 0.443. The molecule has 1 aliphatic rings. The highest BCUT2D eigenvalue weighted by atomic mass is 35.5. The highest BCUT2D eigenvalue weighted by molar-refractivity contribution is 6.23. The summed E-state index contributed by atoms with van der Waals surface area (Å²) in [6.45, 7) is 1.71. The number of hydrogen-bond acceptors (Lipinski definition) is 1. The van der Waals surface area contributed by atoms with E-state index in [1.54, 1.807) is 13.6 Å². The van der Waals surface area contributed by atoms with Crippen molar-refractivity contribution in [3.63, 3.8) is 0 Å². The summed E-state index contributed by atoms with van der Waals surface area (Å²) in [6.07, 6.45) is 0.456. The Balaban J connectivity index is 2.51. The Hall–Kier alpha value is -0.240. The predicted molar refractivity (Wildman–Crippen MR) is 31.3 cm³/mol. The first-order valence-corrected chi connectivity index (χ1v) is 2.88. The van der Waals surface area contributed by atoms with E-state index in [9.17, 15) is 4.79 Å². The van der Waals surface area contributed by atoms with Gasteiger partial charge in [0.2, 0.25) is 5.91 Å². The molecule has 1 amide bonds. The van der Waals surface area contributed by atoms with Crippen molar-refractivity contribution in [3.05, 3.63) is 6.54 Å². The lowest BCUT2D eigenvalue weighted by molar-refractivity contribution is -0.125. The smallest absolute Gasteiger partial charge is 0.224 e. The van der Waals surface area contributed by atoms with Crippen LogP contribution < -0.4 is 0 Å². The third-order valence-electron chi connectivity index (χ3n) is 1.15. The van der Waals surface area contributed by atoms with Gasteiger partial charge < -0.3 is 4.90 Å². The Labute approximate surface area is 53.4 Å². The molecule has 0 bridgehead atoms. The second-order valence-electron chi connectivity index (χ2n) is 1.87. The molecule has 1 rings (SSSR count). The van der Waals surface area contributed by atoms with Gasteiger partial charge in [0.05, 0.1) is 11.9 Å². The van der Waals surface area contributed by atoms with Crippen LogP contribution in [0.25, 0.3) is 0 Å². The van der Waals surface area contributed by atoms with Crippen LogP contribution in [-0.2, 0) is 4.79 Å². The van der Waals surface area contributed by atoms with E-state index >= 15 is 0 Å². The van der Waals surface area contributed by atoms with Gasteiger partial charge in [-0.2, -0.15) is 0 Å². The highest BCUT2D eigenvalue weighted by Gasteiger charge is 2.24. The third kappa shape index (κ3) is 0.944. The van der Waals surface area contributed by atoms with Crippen LogP contribution in [0.3, 0.4) is 0 Å². The van der Waals surface area contributed by atoms with Crippen LogP contribution >= 0.6 is 11.6 Å². The van der Waals surface area contributed by atoms with Crippen molar-refractivity contribution in [2.75, 3.05) is 7.05 Å². The molecule has 1 fully saturated rings. The Bertz CT molecular complexity index is 115. The second kappa shape index (κ2) is 1.94. The van der Waals surface area contributed by atoms with E-state index in [-0.39, 0.29) is 11.3 Å². The topological polar surface area (TPSA) is 20.3 Å². The molecule has 0 aromatic heterocycles. The van der Waals surface area contributed by atoms with Gasteiger partial charge in [0, 0.05) is 13.5 Å². The Morgan fingerprint density at radius 3 is 2.75 bits per heavy atom. The number of carbonyl (C=O) groups is 1. The first-order valence-electron chi connectivity index (χ1n) is 2.45. The number of halogens is 1. The largest absolute Gasteiger partial charge is 0.339 e. The zero-order valence-electron chi connectivity index (χ0n) is 4.60. The van der Waals surface area contributed by atoms with Crippen LogP contribution in [0, 0.1) is 6.54 Å². The SMILES string of the molecule is CN1[CH]C(Cl)CC1=O. The summed E-state index contributed by atoms with van der Waals surface area (Å²) in [5.74, 6) is 0.102. The van der Waals surface area contributed by atoms with Crippen LogP contribution in [0.2, 0.25) is 0 Å². The Kier molecular flexibility index (Phi) is 1.43. The molecule has 3 heteroatoms. The molecule has 1 saturated heterocycles. The van der Waals surface area contributed by atoms with Gasteiger partial charge in [-0.15, -0.1) is 11.6 Å². The molecule has 0 saturated carbocycles. The lowest BCUT2D eigenvalue weighted by Gasteiger charge is -2.03. The van der Waals surface area contributed by atoms with E-state index in [2.05, 4.69) is 0 Å². The fourth-order valence-corrected chi connectivity index (χ4v) is 0.990. The van der Waals surface area contributed by atoms with Gasteiger partial charge >= 0.3 is 0 Å². The maximum Gasteiger partial charge on any atom is 0.224 e. The van der Waals surface area contributed by atoms with Crippen LogP contribution in [0.5, 0.6) is 0 Å². The third-order valence-corrected chi connectivity index (χ3v) is 1.42. The van der Waals surface area contributed by atoms with E-state index in [1.807, 2.05) is 0 Å². The molecule has 0 aliphatic carbocycles. The number of carbonyl (C=O) groups excluding carboxylic acids is 1. The molecule has 1 heterocycles. The first-order chi connectivity index (χ1) is 3.70. The maximum absolute atomic E-state index is 10.6. The number of likely N-dealkylation sites (tertiary alicyclic amines) is 1. The number of alkyl halides is 1. The molecular formula is C5H7ClNO. The minimum Gasteiger partial charge on any atom is -0.339 e. The summed E-state index contributed by atoms with van der Waals surface area (Å²) in [6, 6.07) is 0. The molecule has 45 valence electrons. The summed E-state index contributed by atoms with van der Waals surface area (Å²) in [4.78, 5) is 12.1. The van der Waals surface area contributed by atoms with Gasteiger partial charge in [-0.3, -0.25) is 4.79 Å². The van der Waals surface area contributed by atoms with Crippen molar-refractivity contribution in [3.8, 4) is 0 Å². The zero-order valence-corrected chi connectivity index (χ0v) is 5.35. The van der Waals surface area contributed by atoms with Crippen LogP contribution in [0.4, 0.5) is 0 Å². The molecular weight excluding hydrogens is 126 g/mol. The van der Waals surface area contributed by atoms with Gasteiger partial charge in [-0.25, -0.2) is 0 Å². The van der Waals surface area contributed by atoms with Crippen LogP contribution in [0.15, 0.2) is 0 Å². The predicted octanol–water partition coefficient (Wildman–Crippen LogP) is 0.618. The van der Waals surface area contributed by atoms with Gasteiger partial charge in [0.25, 0.3) is 0 Å². The molecule has 1 radical (unpaired) electrons. The van der Waals surface area contributed by atoms with E-state index in [0.717, 1.165) is 0 Å². The molecule has 1 atom stereocenters. The fraction of sp³-hybridized carbons (Fsp3) is 0.600. The lowest BCUT2D eigenvalue weighted by Crippen LogP contribution is -2.14. The summed E-state index contributed by atoms with van der Waals surface area (Å²) in [5, 5.41) is -0.0764. The molecule has 0 aromatic rings. The monoisotopic (exact) mass is 132 g/mol. The minimum absolute atomic E-state index is 0.0764. The molecule has 0 aromatic carbocycles. The zero-order chi connectivity index (χ0) is 6.15. The van der Waals surface area contributed by atoms with Gasteiger partial charge in [0.1, 0.15) is 0 Å². The number of nitrogens with zero attached hydrogens (tertiary/aromatic N) is 1. The Morgan fingerprint density at radius 2 is 2.62 bits per heavy atom. The van der Waals surface area contributed by atoms with E-state index < -0.39 is 0 Å². The average molecular weight is 133 g/mol. The number of rotatable bonds is 0. The van der Waals surface area contributed by atoms with E-state index in [0.29, 0.717) is 6.42 Å². The molecule has 0 spiro atoms. The van der Waals surface area contributed by atoms with Crippen molar-refractivity contribution < 1.29 is 4.79 Å². The maximum atomic E-state index is 10.6. The van der Waals surface area contributed by atoms with Crippen LogP contribution in [-0.4, -0.2) is 23.2 Å². The fourth-order valence-electron chi connectivity index (χ4n) is 0.689. The van der Waals surface area contributed by atoms with Crippen molar-refractivity contribution in [1.29, 1.82) is 0 Å². The number of amides is 1. The number of hydrogen-bond donors (Lipinski definition) is 0. The summed E-state index contributed by atoms with van der Waals surface area (Å²) >= 11 is 5.58. The average Bonchev–Trinajstić information content (AvgIpc) is 1.85. The van der Waals surface area contributed by atoms with Gasteiger partial charge in [-0.05, 0) is 0 Å². The molecule has 0 N–H and O–H groups in total. The van der Waals surface area contributed by atoms with Crippen molar-refractivity contribution in [1.82, 2.24) is 4.90 Å². The first kappa shape index (κ1) is 5.89. The van der Waals surface area contributed by atoms with Crippen molar-refractivity contribution in [2.45, 2.75) is 11.8 Å². The molecule has 1 unspecified atom stereocenters. The van der Waals surface area contributed by atoms with Gasteiger partial charge in [0.15, 0.2) is 0 Å². The van der Waals surface area contributed by atoms with E-state index in [1.165, 1.54) is 4.90 Å². The molecule has 2 nitrogen and oxygen atoms in total. The summed E-state index contributed by atoms with van der Waals surface area (Å²) in [5.41, 5.74) is 0. The molecule has 8 heavy (non-hydrogen) atoms. The second-order valence-corrected chi connectivity index (χ2v) is 2.43. The lowest BCUT2D eigenvalue weighted by atomic mass is 10.4. The highest BCUT2D eigenvalue weighted by Crippen LogP contribution is 2.17. The van der Waals surface area contributed by atoms with Gasteiger partial charge in [-0.1, -0.05) is 0 Å². The normalized spacial score (nSPS) is 29.5. The summed E-state index contributed by atoms with van der Waals surface area (Å²) < 4.78 is 0. The molecule has 1 aliphatic heterocycles. The van der Waals surface area contributed by atoms with E-state index in [4.69, 9.17) is 11.6 Å². The van der Waals surface area contributed by atoms with Crippen molar-refractivity contribution >= 4 is 17.5 Å². The standard InChI is InChI=1S/C5H7ClNO/c1-7-3-4(6)2-5(7)8/h3-4H,2H2,1H3. The minimum atomic E-state index is -0.0764. The van der Waals surface area contributed by atoms with Crippen LogP contribution in [0.1, 0.15) is 6.42 Å². The summed E-state index contributed by atoms with van der Waals surface area (Å²) in [7, 11) is 1.71. The Morgan fingerprint density at radius 1 is 2.00 bits per heavy atom. The van der Waals surface area contributed by atoms with Crippen molar-refractivity contribution in [2.24, 2.45) is 0 Å².